The second-order valence-electron chi connectivity index (χ2n) is 6.79. The van der Waals surface area contributed by atoms with E-state index >= 15 is 0 Å². The first-order valence-corrected chi connectivity index (χ1v) is 11.0. The van der Waals surface area contributed by atoms with Crippen molar-refractivity contribution in [3.63, 3.8) is 0 Å². The lowest BCUT2D eigenvalue weighted by molar-refractivity contribution is -0.139. The number of carbonyl (C=O) groups is 3. The quantitative estimate of drug-likeness (QED) is 0.0863. The fourth-order valence-corrected chi connectivity index (χ4v) is 2.62. The Hall–Kier alpha value is -2.40. The van der Waals surface area contributed by atoms with Gasteiger partial charge in [0.15, 0.2) is 0 Å². The number of rotatable bonds is 19. The summed E-state index contributed by atoms with van der Waals surface area (Å²) in [4.78, 5) is 35.8. The van der Waals surface area contributed by atoms with E-state index in [1.54, 1.807) is 19.1 Å². The molecule has 0 rings (SSSR count). The first kappa shape index (κ1) is 29.6. The topological polar surface area (TPSA) is 135 Å². The molecule has 32 heavy (non-hydrogen) atoms. The maximum atomic E-state index is 12.8. The SMILES string of the molecule is CC/C=C(\C)C(=O)N(/N=C\C=C\CNCCOCCOCCN)C(CCC)C(=O)NC=O. The van der Waals surface area contributed by atoms with Crippen molar-refractivity contribution in [2.75, 3.05) is 46.1 Å². The average Bonchev–Trinajstić information content (AvgIpc) is 2.78. The van der Waals surface area contributed by atoms with Gasteiger partial charge in [-0.2, -0.15) is 5.10 Å². The van der Waals surface area contributed by atoms with Crippen LogP contribution in [0.1, 0.15) is 40.0 Å². The highest BCUT2D eigenvalue weighted by Crippen LogP contribution is 2.13. The predicted molar refractivity (Wildman–Crippen MR) is 125 cm³/mol. The van der Waals surface area contributed by atoms with E-state index in [4.69, 9.17) is 15.2 Å². The Balaban J connectivity index is 4.74. The molecule has 4 N–H and O–H groups in total. The maximum Gasteiger partial charge on any atom is 0.270 e. The molecule has 182 valence electrons. The minimum atomic E-state index is -0.869. The van der Waals surface area contributed by atoms with Crippen molar-refractivity contribution in [2.24, 2.45) is 10.8 Å². The molecule has 0 aliphatic rings. The average molecular weight is 454 g/mol. The number of nitrogens with zero attached hydrogens (tertiary/aromatic N) is 2. The zero-order valence-electron chi connectivity index (χ0n) is 19.5. The summed E-state index contributed by atoms with van der Waals surface area (Å²) in [7, 11) is 0. The van der Waals surface area contributed by atoms with Crippen molar-refractivity contribution in [2.45, 2.75) is 46.1 Å². The smallest absolute Gasteiger partial charge is 0.270 e. The van der Waals surface area contributed by atoms with Gasteiger partial charge in [0, 0.05) is 31.4 Å². The van der Waals surface area contributed by atoms with Crippen LogP contribution in [0, 0.1) is 0 Å². The number of hydrogen-bond acceptors (Lipinski definition) is 8. The molecular weight excluding hydrogens is 414 g/mol. The fourth-order valence-electron chi connectivity index (χ4n) is 2.62. The van der Waals surface area contributed by atoms with Gasteiger partial charge >= 0.3 is 0 Å². The van der Waals surface area contributed by atoms with Gasteiger partial charge in [-0.05, 0) is 25.8 Å². The standard InChI is InChI=1S/C22H39N5O5/c1-4-8-19(3)22(30)27(20(9-5-2)21(29)25-18-28)26-12-7-6-11-24-13-15-32-17-16-31-14-10-23/h6-8,12,18,20,24H,4-5,9-11,13-17,23H2,1-3H3,(H,25,28,29)/b7-6+,19-8+,26-12-. The van der Waals surface area contributed by atoms with Crippen molar-refractivity contribution in [3.05, 3.63) is 23.8 Å². The predicted octanol–water partition coefficient (Wildman–Crippen LogP) is 0.736. The molecule has 3 amide bonds. The van der Waals surface area contributed by atoms with Crippen molar-refractivity contribution in [1.29, 1.82) is 0 Å². The highest BCUT2D eigenvalue weighted by molar-refractivity contribution is 5.98. The lowest BCUT2D eigenvalue weighted by Gasteiger charge is -2.25. The molecule has 0 saturated heterocycles. The monoisotopic (exact) mass is 453 g/mol. The summed E-state index contributed by atoms with van der Waals surface area (Å²) in [5.41, 5.74) is 5.82. The van der Waals surface area contributed by atoms with Gasteiger partial charge in [-0.1, -0.05) is 32.4 Å². The summed E-state index contributed by atoms with van der Waals surface area (Å²) in [6.07, 6.45) is 8.79. The number of carbonyl (C=O) groups excluding carboxylic acids is 3. The van der Waals surface area contributed by atoms with Crippen LogP contribution in [0.5, 0.6) is 0 Å². The van der Waals surface area contributed by atoms with Gasteiger partial charge < -0.3 is 20.5 Å². The van der Waals surface area contributed by atoms with Crippen LogP contribution < -0.4 is 16.4 Å². The molecule has 0 fully saturated rings. The van der Waals surface area contributed by atoms with Gasteiger partial charge in [-0.3, -0.25) is 19.7 Å². The Morgan fingerprint density at radius 1 is 1.16 bits per heavy atom. The Labute approximate surface area is 191 Å². The maximum absolute atomic E-state index is 12.8. The summed E-state index contributed by atoms with van der Waals surface area (Å²) < 4.78 is 10.6. The third kappa shape index (κ3) is 13.8. The fraction of sp³-hybridized carbons (Fsp3) is 0.636. The van der Waals surface area contributed by atoms with Gasteiger partial charge in [0.05, 0.1) is 26.4 Å². The molecule has 0 aromatic carbocycles. The third-order valence-electron chi connectivity index (χ3n) is 4.15. The van der Waals surface area contributed by atoms with Crippen LogP contribution in [0.3, 0.4) is 0 Å². The van der Waals surface area contributed by atoms with E-state index in [9.17, 15) is 14.4 Å². The molecule has 0 aromatic heterocycles. The number of hydrazone groups is 1. The number of amides is 3. The van der Waals surface area contributed by atoms with E-state index in [0.29, 0.717) is 77.3 Å². The second-order valence-corrected chi connectivity index (χ2v) is 6.79. The molecule has 10 heteroatoms. The summed E-state index contributed by atoms with van der Waals surface area (Å²) >= 11 is 0. The molecule has 10 nitrogen and oxygen atoms in total. The van der Waals surface area contributed by atoms with Crippen molar-refractivity contribution >= 4 is 24.4 Å². The number of hydrogen-bond donors (Lipinski definition) is 3. The molecule has 0 spiro atoms. The van der Waals surface area contributed by atoms with Crippen LogP contribution in [-0.2, 0) is 23.9 Å². The Morgan fingerprint density at radius 3 is 2.50 bits per heavy atom. The summed E-state index contributed by atoms with van der Waals surface area (Å²) in [6.45, 7) is 9.41. The molecule has 0 heterocycles. The molecule has 0 aliphatic heterocycles. The minimum absolute atomic E-state index is 0.314. The molecule has 0 bridgehead atoms. The van der Waals surface area contributed by atoms with Crippen LogP contribution >= 0.6 is 0 Å². The Bertz CT molecular complexity index is 622. The van der Waals surface area contributed by atoms with E-state index in [2.05, 4.69) is 15.7 Å². The van der Waals surface area contributed by atoms with Gasteiger partial charge in [0.25, 0.3) is 11.8 Å². The molecule has 1 atom stereocenters. The number of imide groups is 1. The highest BCUT2D eigenvalue weighted by Gasteiger charge is 2.29. The van der Waals surface area contributed by atoms with Crippen molar-refractivity contribution in [1.82, 2.24) is 15.6 Å². The molecule has 0 aliphatic carbocycles. The number of nitrogens with one attached hydrogen (secondary N) is 2. The van der Waals surface area contributed by atoms with E-state index in [-0.39, 0.29) is 5.91 Å². The zero-order valence-corrected chi connectivity index (χ0v) is 19.5. The van der Waals surface area contributed by atoms with Crippen LogP contribution in [0.25, 0.3) is 0 Å². The third-order valence-corrected chi connectivity index (χ3v) is 4.15. The van der Waals surface area contributed by atoms with Crippen LogP contribution in [0.2, 0.25) is 0 Å². The first-order chi connectivity index (χ1) is 15.5. The van der Waals surface area contributed by atoms with Crippen molar-refractivity contribution in [3.8, 4) is 0 Å². The van der Waals surface area contributed by atoms with Gasteiger partial charge in [-0.25, -0.2) is 5.01 Å². The Morgan fingerprint density at radius 2 is 1.88 bits per heavy atom. The number of allylic oxidation sites excluding steroid dienone is 2. The molecule has 0 saturated carbocycles. The number of ether oxygens (including phenoxy) is 2. The lowest BCUT2D eigenvalue weighted by atomic mass is 10.1. The van der Waals surface area contributed by atoms with Crippen LogP contribution in [0.15, 0.2) is 28.9 Å². The molecule has 0 aromatic rings. The number of nitrogens with two attached hydrogens (primary N) is 1. The van der Waals surface area contributed by atoms with Crippen LogP contribution in [-0.4, -0.2) is 81.6 Å². The largest absolute Gasteiger partial charge is 0.378 e. The van der Waals surface area contributed by atoms with E-state index in [1.165, 1.54) is 6.21 Å². The summed E-state index contributed by atoms with van der Waals surface area (Å²) in [5, 5.41) is 10.7. The Kier molecular flexibility index (Phi) is 19.0. The zero-order chi connectivity index (χ0) is 24.0. The van der Waals surface area contributed by atoms with E-state index in [1.807, 2.05) is 19.9 Å². The van der Waals surface area contributed by atoms with E-state index in [0.717, 1.165) is 5.01 Å². The van der Waals surface area contributed by atoms with Gasteiger partial charge in [0.1, 0.15) is 6.04 Å². The first-order valence-electron chi connectivity index (χ1n) is 11.0. The van der Waals surface area contributed by atoms with Crippen LogP contribution in [0.4, 0.5) is 0 Å². The van der Waals surface area contributed by atoms with Gasteiger partial charge in [0.2, 0.25) is 6.41 Å². The summed E-state index contributed by atoms with van der Waals surface area (Å²) in [5.74, 6) is -0.933. The molecular formula is C22H39N5O5. The van der Waals surface area contributed by atoms with Gasteiger partial charge in [-0.15, -0.1) is 0 Å². The van der Waals surface area contributed by atoms with E-state index < -0.39 is 11.9 Å². The minimum Gasteiger partial charge on any atom is -0.378 e. The normalized spacial score (nSPS) is 12.9. The second kappa shape index (κ2) is 20.5. The molecule has 0 radical (unpaired) electrons. The molecule has 1 unspecified atom stereocenters. The summed E-state index contributed by atoms with van der Waals surface area (Å²) in [6, 6.07) is -0.869. The lowest BCUT2D eigenvalue weighted by Crippen LogP contribution is -2.47. The van der Waals surface area contributed by atoms with Crippen molar-refractivity contribution < 1.29 is 23.9 Å². The highest BCUT2D eigenvalue weighted by atomic mass is 16.5.